The van der Waals surface area contributed by atoms with Crippen molar-refractivity contribution in [2.75, 3.05) is 13.7 Å². The average molecular weight is 629 g/mol. The average Bonchev–Trinajstić information content (AvgIpc) is 3.39. The second-order valence-corrected chi connectivity index (χ2v) is 13.3. The Morgan fingerprint density at radius 1 is 0.891 bits per heavy atom. The SMILES string of the molecule is COC(=O)C(Cc1cc(OCc2ccccc2)cc(-c2ccc3[nH]cc(CC(C)(C)COC(C)=O)c3c2)c1)NC(=O)OC(C)(C)C. The van der Waals surface area contributed by atoms with Crippen LogP contribution in [0.2, 0.25) is 0 Å². The molecule has 9 heteroatoms. The zero-order chi connectivity index (χ0) is 33.5. The van der Waals surface area contributed by atoms with Gasteiger partial charge in [0.15, 0.2) is 0 Å². The van der Waals surface area contributed by atoms with E-state index < -0.39 is 23.7 Å². The number of methoxy groups -OCH3 is 1. The van der Waals surface area contributed by atoms with E-state index in [1.165, 1.54) is 14.0 Å². The first-order valence-corrected chi connectivity index (χ1v) is 15.3. The lowest BCUT2D eigenvalue weighted by atomic mass is 9.86. The number of carbonyl (C=O) groups excluding carboxylic acids is 3. The van der Waals surface area contributed by atoms with E-state index >= 15 is 0 Å². The van der Waals surface area contributed by atoms with Gasteiger partial charge in [-0.2, -0.15) is 0 Å². The summed E-state index contributed by atoms with van der Waals surface area (Å²) < 4.78 is 22.0. The Bertz CT molecular complexity index is 1670. The number of benzene rings is 3. The number of carbonyl (C=O) groups is 3. The van der Waals surface area contributed by atoms with E-state index in [2.05, 4.69) is 30.2 Å². The molecule has 1 atom stereocenters. The highest BCUT2D eigenvalue weighted by molar-refractivity contribution is 5.88. The normalized spacial score (nSPS) is 12.3. The molecule has 0 spiro atoms. The van der Waals surface area contributed by atoms with E-state index in [1.807, 2.05) is 66.9 Å². The maximum atomic E-state index is 12.8. The summed E-state index contributed by atoms with van der Waals surface area (Å²) in [6.07, 6.45) is 2.15. The van der Waals surface area contributed by atoms with Gasteiger partial charge in [-0.05, 0) is 79.3 Å². The van der Waals surface area contributed by atoms with Crippen LogP contribution in [-0.4, -0.2) is 48.4 Å². The van der Waals surface area contributed by atoms with E-state index in [1.54, 1.807) is 20.8 Å². The Hall–Kier alpha value is -4.79. The van der Waals surface area contributed by atoms with Crippen molar-refractivity contribution < 1.29 is 33.3 Å². The smallest absolute Gasteiger partial charge is 0.408 e. The molecule has 0 aliphatic rings. The van der Waals surface area contributed by atoms with Crippen molar-refractivity contribution in [3.05, 3.63) is 89.6 Å². The molecule has 4 aromatic rings. The fourth-order valence-electron chi connectivity index (χ4n) is 5.16. The third kappa shape index (κ3) is 9.86. The van der Waals surface area contributed by atoms with Crippen molar-refractivity contribution in [3.8, 4) is 16.9 Å². The highest BCUT2D eigenvalue weighted by Crippen LogP contribution is 2.33. The van der Waals surface area contributed by atoms with E-state index in [0.717, 1.165) is 38.7 Å². The highest BCUT2D eigenvalue weighted by atomic mass is 16.6. The van der Waals surface area contributed by atoms with Crippen molar-refractivity contribution in [2.45, 2.75) is 72.6 Å². The minimum Gasteiger partial charge on any atom is -0.489 e. The lowest BCUT2D eigenvalue weighted by Gasteiger charge is -2.23. The Kier molecular flexibility index (Phi) is 10.8. The molecule has 0 saturated heterocycles. The Morgan fingerprint density at radius 2 is 1.63 bits per heavy atom. The molecule has 9 nitrogen and oxygen atoms in total. The lowest BCUT2D eigenvalue weighted by molar-refractivity contribution is -0.144. The molecule has 0 saturated carbocycles. The summed E-state index contributed by atoms with van der Waals surface area (Å²) in [5.41, 5.74) is 4.73. The fourth-order valence-corrected chi connectivity index (χ4v) is 5.16. The summed E-state index contributed by atoms with van der Waals surface area (Å²) in [5.74, 6) is -0.262. The Balaban J connectivity index is 1.69. The van der Waals surface area contributed by atoms with Gasteiger partial charge in [-0.15, -0.1) is 0 Å². The van der Waals surface area contributed by atoms with E-state index in [-0.39, 0.29) is 17.8 Å². The van der Waals surface area contributed by atoms with Crippen molar-refractivity contribution in [2.24, 2.45) is 5.41 Å². The zero-order valence-electron chi connectivity index (χ0n) is 27.7. The minimum atomic E-state index is -0.977. The monoisotopic (exact) mass is 628 g/mol. The highest BCUT2D eigenvalue weighted by Gasteiger charge is 2.26. The van der Waals surface area contributed by atoms with Gasteiger partial charge in [0.1, 0.15) is 24.0 Å². The number of hydrogen-bond acceptors (Lipinski definition) is 7. The van der Waals surface area contributed by atoms with Gasteiger partial charge in [-0.3, -0.25) is 4.79 Å². The van der Waals surface area contributed by atoms with Gasteiger partial charge >= 0.3 is 18.0 Å². The second kappa shape index (κ2) is 14.5. The van der Waals surface area contributed by atoms with Crippen molar-refractivity contribution in [1.29, 1.82) is 0 Å². The number of nitrogens with one attached hydrogen (secondary N) is 2. The molecule has 1 amide bonds. The van der Waals surface area contributed by atoms with Crippen LogP contribution in [0.4, 0.5) is 4.79 Å². The Labute approximate surface area is 270 Å². The molecule has 3 aromatic carbocycles. The maximum Gasteiger partial charge on any atom is 0.408 e. The summed E-state index contributed by atoms with van der Waals surface area (Å²) in [4.78, 5) is 40.2. The number of ether oxygens (including phenoxy) is 4. The van der Waals surface area contributed by atoms with Crippen molar-refractivity contribution >= 4 is 28.9 Å². The molecule has 0 aliphatic carbocycles. The first-order valence-electron chi connectivity index (χ1n) is 15.3. The summed E-state index contributed by atoms with van der Waals surface area (Å²) in [6.45, 7) is 11.5. The Morgan fingerprint density at radius 3 is 2.30 bits per heavy atom. The third-order valence-electron chi connectivity index (χ3n) is 7.27. The lowest BCUT2D eigenvalue weighted by Crippen LogP contribution is -2.45. The predicted octanol–water partition coefficient (Wildman–Crippen LogP) is 7.15. The molecule has 1 unspecified atom stereocenters. The largest absolute Gasteiger partial charge is 0.489 e. The number of hydrogen-bond donors (Lipinski definition) is 2. The molecule has 0 radical (unpaired) electrons. The van der Waals surface area contributed by atoms with E-state index in [4.69, 9.17) is 18.9 Å². The van der Waals surface area contributed by atoms with Crippen LogP contribution in [0.25, 0.3) is 22.0 Å². The summed E-state index contributed by atoms with van der Waals surface area (Å²) in [7, 11) is 1.29. The number of amides is 1. The molecule has 244 valence electrons. The second-order valence-electron chi connectivity index (χ2n) is 13.3. The number of fused-ring (bicyclic) bond motifs is 1. The van der Waals surface area contributed by atoms with Crippen LogP contribution in [0, 0.1) is 5.41 Å². The van der Waals surface area contributed by atoms with Crippen LogP contribution in [0.15, 0.2) is 72.9 Å². The van der Waals surface area contributed by atoms with Gasteiger partial charge in [-0.25, -0.2) is 9.59 Å². The minimum absolute atomic E-state index is 0.156. The van der Waals surface area contributed by atoms with Crippen molar-refractivity contribution in [3.63, 3.8) is 0 Å². The van der Waals surface area contributed by atoms with Crippen LogP contribution < -0.4 is 10.1 Å². The van der Waals surface area contributed by atoms with Crippen LogP contribution in [0.1, 0.15) is 58.2 Å². The molecule has 0 fully saturated rings. The standard InChI is InChI=1S/C37H44N2O7/c1-24(40)45-23-37(5,6)20-29-21-38-32-14-13-27(19-31(29)32)28-15-26(16-30(18-28)44-22-25-11-9-8-10-12-25)17-33(34(41)43-7)39-35(42)46-36(2,3)4/h8-16,18-19,21,33,38H,17,20,22-23H2,1-7H3,(H,39,42). The number of aromatic amines is 1. The van der Waals surface area contributed by atoms with Gasteiger partial charge in [-0.1, -0.05) is 56.3 Å². The van der Waals surface area contributed by atoms with Gasteiger partial charge in [0, 0.05) is 35.9 Å². The molecule has 46 heavy (non-hydrogen) atoms. The molecule has 2 N–H and O–H groups in total. The molecular formula is C37H44N2O7. The van der Waals surface area contributed by atoms with Gasteiger partial charge in [0.2, 0.25) is 0 Å². The van der Waals surface area contributed by atoms with Gasteiger partial charge in [0.25, 0.3) is 0 Å². The summed E-state index contributed by atoms with van der Waals surface area (Å²) in [6, 6.07) is 20.9. The quantitative estimate of drug-likeness (QED) is 0.126. The third-order valence-corrected chi connectivity index (χ3v) is 7.27. The van der Waals surface area contributed by atoms with Gasteiger partial charge in [0.05, 0.1) is 13.7 Å². The molecule has 4 rings (SSSR count). The van der Waals surface area contributed by atoms with Crippen LogP contribution in [0.3, 0.4) is 0 Å². The maximum absolute atomic E-state index is 12.8. The molecule has 0 aliphatic heterocycles. The summed E-state index contributed by atoms with van der Waals surface area (Å²) in [5, 5.41) is 3.72. The topological polar surface area (TPSA) is 116 Å². The van der Waals surface area contributed by atoms with Crippen molar-refractivity contribution in [1.82, 2.24) is 10.3 Å². The number of esters is 2. The molecule has 1 heterocycles. The molecule has 1 aromatic heterocycles. The van der Waals surface area contributed by atoms with E-state index in [0.29, 0.717) is 25.4 Å². The van der Waals surface area contributed by atoms with Crippen LogP contribution in [-0.2, 0) is 43.2 Å². The number of alkyl carbamates (subject to hydrolysis) is 1. The van der Waals surface area contributed by atoms with Gasteiger partial charge < -0.3 is 29.2 Å². The summed E-state index contributed by atoms with van der Waals surface area (Å²) >= 11 is 0. The van der Waals surface area contributed by atoms with Crippen LogP contribution in [0.5, 0.6) is 5.75 Å². The first kappa shape index (κ1) is 34.1. The number of rotatable bonds is 12. The predicted molar refractivity (Wildman–Crippen MR) is 178 cm³/mol. The molecule has 0 bridgehead atoms. The number of aromatic nitrogens is 1. The fraction of sp³-hybridized carbons (Fsp3) is 0.378. The van der Waals surface area contributed by atoms with Crippen LogP contribution >= 0.6 is 0 Å². The molecular weight excluding hydrogens is 584 g/mol. The van der Waals surface area contributed by atoms with E-state index in [9.17, 15) is 14.4 Å². The number of H-pyrrole nitrogens is 1. The zero-order valence-corrected chi connectivity index (χ0v) is 27.7. The first-order chi connectivity index (χ1) is 21.7.